The second-order valence-electron chi connectivity index (χ2n) is 9.84. The number of esters is 2. The van der Waals surface area contributed by atoms with Gasteiger partial charge in [-0.3, -0.25) is 9.59 Å². The van der Waals surface area contributed by atoms with Gasteiger partial charge in [0.05, 0.1) is 22.2 Å². The van der Waals surface area contributed by atoms with Crippen molar-refractivity contribution in [2.75, 3.05) is 0 Å². The molecule has 1 heterocycles. The molecule has 1 saturated heterocycles. The topological polar surface area (TPSA) is 78.9 Å². The van der Waals surface area contributed by atoms with Gasteiger partial charge in [-0.15, -0.1) is 0 Å². The molecule has 1 aliphatic heterocycles. The summed E-state index contributed by atoms with van der Waals surface area (Å²) in [6.45, 7) is 9.32. The molecule has 2 bridgehead atoms. The van der Waals surface area contributed by atoms with Crippen LogP contribution in [0.15, 0.2) is 30.3 Å². The summed E-state index contributed by atoms with van der Waals surface area (Å²) in [6.07, 6.45) is -0.0317. The molecule has 6 nitrogen and oxygen atoms in total. The highest BCUT2D eigenvalue weighted by Gasteiger charge is 2.75. The van der Waals surface area contributed by atoms with E-state index < -0.39 is 40.8 Å². The molecule has 4 rings (SSSR count). The molecule has 6 heteroatoms. The number of ether oxygens (including phenoxy) is 3. The number of rotatable bonds is 3. The molecule has 6 unspecified atom stereocenters. The molecule has 3 fully saturated rings. The summed E-state index contributed by atoms with van der Waals surface area (Å²) in [4.78, 5) is 37.9. The first kappa shape index (κ1) is 21.0. The van der Waals surface area contributed by atoms with Gasteiger partial charge >= 0.3 is 11.9 Å². The standard InChI is InChI=1S/C24H30O6/c1-14-11-18(26)20(28-15(2)25)23(5)19(29-21(27)16-9-7-6-8-10-16)12-17-13-24(14,23)30-22(17,3)4/h6-10,14,17,19-20H,11-13H2,1-5H3. The number of carbonyl (C=O) groups is 3. The molecule has 1 spiro atoms. The number of carbonyl (C=O) groups excluding carboxylic acids is 3. The molecule has 2 saturated carbocycles. The van der Waals surface area contributed by atoms with E-state index >= 15 is 0 Å². The largest absolute Gasteiger partial charge is 0.458 e. The average molecular weight is 414 g/mol. The fourth-order valence-electron chi connectivity index (χ4n) is 6.11. The van der Waals surface area contributed by atoms with Crippen LogP contribution < -0.4 is 0 Å². The van der Waals surface area contributed by atoms with Gasteiger partial charge in [0.2, 0.25) is 0 Å². The summed E-state index contributed by atoms with van der Waals surface area (Å²) in [5.41, 5.74) is -1.66. The highest BCUT2D eigenvalue weighted by atomic mass is 16.6. The summed E-state index contributed by atoms with van der Waals surface area (Å²) in [5, 5.41) is 0. The number of ketones is 1. The molecule has 0 radical (unpaired) electrons. The quantitative estimate of drug-likeness (QED) is 0.702. The van der Waals surface area contributed by atoms with Gasteiger partial charge in [-0.25, -0.2) is 4.79 Å². The van der Waals surface area contributed by atoms with Crippen molar-refractivity contribution in [2.24, 2.45) is 17.3 Å². The van der Waals surface area contributed by atoms with E-state index in [0.717, 1.165) is 6.42 Å². The van der Waals surface area contributed by atoms with Crippen LogP contribution >= 0.6 is 0 Å². The number of hydrogen-bond acceptors (Lipinski definition) is 6. The van der Waals surface area contributed by atoms with E-state index in [1.54, 1.807) is 24.3 Å². The van der Waals surface area contributed by atoms with Crippen molar-refractivity contribution in [1.82, 2.24) is 0 Å². The Labute approximate surface area is 177 Å². The first-order chi connectivity index (χ1) is 14.0. The Bertz CT molecular complexity index is 877. The Kier molecular flexibility index (Phi) is 4.84. The predicted molar refractivity (Wildman–Crippen MR) is 109 cm³/mol. The zero-order chi connectivity index (χ0) is 21.9. The first-order valence-electron chi connectivity index (χ1n) is 10.7. The number of hydrogen-bond donors (Lipinski definition) is 0. The summed E-state index contributed by atoms with van der Waals surface area (Å²) in [7, 11) is 0. The number of fused-ring (bicyclic) bond motifs is 1. The van der Waals surface area contributed by atoms with Crippen LogP contribution in [0.25, 0.3) is 0 Å². The lowest BCUT2D eigenvalue weighted by Crippen LogP contribution is -2.70. The molecule has 0 aromatic heterocycles. The van der Waals surface area contributed by atoms with Gasteiger partial charge in [0.1, 0.15) is 6.10 Å². The van der Waals surface area contributed by atoms with Gasteiger partial charge in [-0.2, -0.15) is 0 Å². The second-order valence-corrected chi connectivity index (χ2v) is 9.84. The van der Waals surface area contributed by atoms with Crippen LogP contribution in [0, 0.1) is 17.3 Å². The lowest BCUT2D eigenvalue weighted by Gasteiger charge is -2.59. The monoisotopic (exact) mass is 414 g/mol. The van der Waals surface area contributed by atoms with Crippen LogP contribution in [0.4, 0.5) is 0 Å². The summed E-state index contributed by atoms with van der Waals surface area (Å²) in [5.74, 6) is -1.01. The lowest BCUT2D eigenvalue weighted by molar-refractivity contribution is -0.250. The maximum absolute atomic E-state index is 13.1. The number of benzene rings is 1. The maximum Gasteiger partial charge on any atom is 0.338 e. The fraction of sp³-hybridized carbons (Fsp3) is 0.625. The Morgan fingerprint density at radius 1 is 1.10 bits per heavy atom. The molecule has 2 aliphatic carbocycles. The van der Waals surface area contributed by atoms with E-state index in [2.05, 4.69) is 13.8 Å². The van der Waals surface area contributed by atoms with Crippen molar-refractivity contribution in [3.63, 3.8) is 0 Å². The van der Waals surface area contributed by atoms with Gasteiger partial charge in [0.15, 0.2) is 11.9 Å². The Balaban J connectivity index is 1.80. The van der Waals surface area contributed by atoms with Crippen molar-refractivity contribution in [3.8, 4) is 0 Å². The van der Waals surface area contributed by atoms with Gasteiger partial charge < -0.3 is 14.2 Å². The molecular formula is C24H30O6. The molecule has 0 N–H and O–H groups in total. The lowest BCUT2D eigenvalue weighted by atomic mass is 9.50. The molecule has 1 aromatic rings. The minimum absolute atomic E-state index is 0.0793. The minimum Gasteiger partial charge on any atom is -0.458 e. The van der Waals surface area contributed by atoms with E-state index in [9.17, 15) is 14.4 Å². The third-order valence-corrected chi connectivity index (χ3v) is 7.74. The zero-order valence-corrected chi connectivity index (χ0v) is 18.3. The highest BCUT2D eigenvalue weighted by Crippen LogP contribution is 2.66. The fourth-order valence-corrected chi connectivity index (χ4v) is 6.11. The van der Waals surface area contributed by atoms with E-state index in [4.69, 9.17) is 14.2 Å². The van der Waals surface area contributed by atoms with Crippen LogP contribution in [0.5, 0.6) is 0 Å². The summed E-state index contributed by atoms with van der Waals surface area (Å²) >= 11 is 0. The molecule has 30 heavy (non-hydrogen) atoms. The normalized spacial score (nSPS) is 39.2. The Morgan fingerprint density at radius 3 is 2.40 bits per heavy atom. The molecule has 0 amide bonds. The van der Waals surface area contributed by atoms with Crippen molar-refractivity contribution < 1.29 is 28.6 Å². The Morgan fingerprint density at radius 2 is 1.77 bits per heavy atom. The summed E-state index contributed by atoms with van der Waals surface area (Å²) < 4.78 is 18.4. The first-order valence-corrected chi connectivity index (χ1v) is 10.7. The second kappa shape index (κ2) is 6.91. The maximum atomic E-state index is 13.1. The minimum atomic E-state index is -1.00. The molecule has 162 valence electrons. The van der Waals surface area contributed by atoms with Crippen molar-refractivity contribution in [2.45, 2.75) is 77.3 Å². The van der Waals surface area contributed by atoms with Gasteiger partial charge in [-0.1, -0.05) is 25.1 Å². The van der Waals surface area contributed by atoms with Crippen molar-refractivity contribution in [3.05, 3.63) is 35.9 Å². The van der Waals surface area contributed by atoms with Gasteiger partial charge in [0, 0.05) is 13.3 Å². The molecule has 6 atom stereocenters. The van der Waals surface area contributed by atoms with Crippen LogP contribution in [0.1, 0.15) is 64.2 Å². The zero-order valence-electron chi connectivity index (χ0n) is 18.3. The summed E-state index contributed by atoms with van der Waals surface area (Å²) in [6, 6.07) is 8.81. The van der Waals surface area contributed by atoms with Crippen LogP contribution in [-0.4, -0.2) is 41.1 Å². The van der Waals surface area contributed by atoms with E-state index in [-0.39, 0.29) is 24.0 Å². The SMILES string of the molecule is CC(=O)OC1C(=O)CC(C)C23CC(CC(OC(=O)c4ccccc4)C12C)C(C)(C)O3. The third kappa shape index (κ3) is 2.91. The van der Waals surface area contributed by atoms with E-state index in [0.29, 0.717) is 12.0 Å². The van der Waals surface area contributed by atoms with Gasteiger partial charge in [0.25, 0.3) is 0 Å². The Hall–Kier alpha value is -2.21. The van der Waals surface area contributed by atoms with Crippen LogP contribution in [-0.2, 0) is 23.8 Å². The van der Waals surface area contributed by atoms with Crippen molar-refractivity contribution >= 4 is 17.7 Å². The smallest absolute Gasteiger partial charge is 0.338 e. The highest BCUT2D eigenvalue weighted by molar-refractivity contribution is 5.90. The van der Waals surface area contributed by atoms with Crippen LogP contribution in [0.2, 0.25) is 0 Å². The number of Topliss-reactive ketones (excluding diaryl/α,β-unsaturated/α-hetero) is 1. The molecule has 1 aromatic carbocycles. The molecular weight excluding hydrogens is 384 g/mol. The van der Waals surface area contributed by atoms with Crippen molar-refractivity contribution in [1.29, 1.82) is 0 Å². The molecule has 3 aliphatic rings. The third-order valence-electron chi connectivity index (χ3n) is 7.74. The van der Waals surface area contributed by atoms with E-state index in [1.165, 1.54) is 6.92 Å². The van der Waals surface area contributed by atoms with E-state index in [1.807, 2.05) is 19.9 Å². The van der Waals surface area contributed by atoms with Gasteiger partial charge in [-0.05, 0) is 57.6 Å². The average Bonchev–Trinajstić information content (AvgIpc) is 2.92. The van der Waals surface area contributed by atoms with Crippen LogP contribution in [0.3, 0.4) is 0 Å². The predicted octanol–water partition coefficient (Wildman–Crippen LogP) is 3.72.